The minimum absolute atomic E-state index is 0.0834. The van der Waals surface area contributed by atoms with E-state index in [1.54, 1.807) is 12.2 Å². The number of epoxide rings is 1. The molecule has 7 unspecified atom stereocenters. The Morgan fingerprint density at radius 3 is 2.56 bits per heavy atom. The molecule has 2 bridgehead atoms. The van der Waals surface area contributed by atoms with E-state index in [0.717, 1.165) is 45.1 Å². The standard InChI is InChI=1S/C35H52N2O11/c1-5-6-7-8-9-16-29(40)44-20-13-12-15-26(39)31(42)33-34(48-35(43)36-24(4)38)32-27(46-32)19-18-22(2)21-28-37-25(23(3)45-28)14-10-11-17-30(41)47-33/h10-11,14,17,22,26-27,31-34,39,42H,5-9,12-13,15-16,18-21H2,1-4H3,(H,36,38,43)/b14-10+,17-11-. The third-order valence-electron chi connectivity index (χ3n) is 8.36. The van der Waals surface area contributed by atoms with Crippen molar-refractivity contribution in [3.63, 3.8) is 0 Å². The fourth-order valence-corrected chi connectivity index (χ4v) is 5.61. The van der Waals surface area contributed by atoms with Crippen LogP contribution < -0.4 is 5.32 Å². The number of unbranched alkanes of at least 4 members (excludes halogenated alkanes) is 5. The van der Waals surface area contributed by atoms with Crippen LogP contribution in [-0.4, -0.2) is 82.4 Å². The second kappa shape index (κ2) is 20.1. The van der Waals surface area contributed by atoms with E-state index in [0.29, 0.717) is 55.9 Å². The van der Waals surface area contributed by atoms with Gasteiger partial charge in [0.25, 0.3) is 0 Å². The molecule has 2 aliphatic rings. The van der Waals surface area contributed by atoms with Crippen LogP contribution in [0.2, 0.25) is 0 Å². The molecule has 1 aromatic heterocycles. The number of aliphatic hydroxyl groups is 2. The molecule has 48 heavy (non-hydrogen) atoms. The molecule has 0 spiro atoms. The van der Waals surface area contributed by atoms with Crippen LogP contribution in [0.15, 0.2) is 22.6 Å². The first-order valence-electron chi connectivity index (χ1n) is 17.2. The molecule has 0 aromatic carbocycles. The summed E-state index contributed by atoms with van der Waals surface area (Å²) in [7, 11) is 0. The molecule has 0 radical (unpaired) electrons. The van der Waals surface area contributed by atoms with Crippen molar-refractivity contribution in [2.45, 2.75) is 141 Å². The summed E-state index contributed by atoms with van der Waals surface area (Å²) in [5.74, 6) is -0.389. The Balaban J connectivity index is 1.69. The van der Waals surface area contributed by atoms with Crippen LogP contribution in [0.25, 0.3) is 6.08 Å². The number of aliphatic hydroxyl groups excluding tert-OH is 2. The first kappa shape index (κ1) is 38.9. The van der Waals surface area contributed by atoms with Crippen LogP contribution in [0, 0.1) is 12.8 Å². The predicted octanol–water partition coefficient (Wildman–Crippen LogP) is 4.64. The van der Waals surface area contributed by atoms with E-state index in [4.69, 9.17) is 23.4 Å². The number of carbonyl (C=O) groups is 4. The smallest absolute Gasteiger partial charge is 0.414 e. The molecule has 3 N–H and O–H groups in total. The number of aryl methyl sites for hydroxylation is 1. The Kier molecular flexibility index (Phi) is 16.3. The van der Waals surface area contributed by atoms with Gasteiger partial charge in [0, 0.05) is 25.8 Å². The Hall–Kier alpha value is -3.55. The highest BCUT2D eigenvalue weighted by atomic mass is 16.7. The molecule has 3 rings (SSSR count). The van der Waals surface area contributed by atoms with E-state index >= 15 is 0 Å². The van der Waals surface area contributed by atoms with Crippen LogP contribution in [0.5, 0.6) is 0 Å². The van der Waals surface area contributed by atoms with Crippen molar-refractivity contribution >= 4 is 30.0 Å². The largest absolute Gasteiger partial charge is 0.466 e. The molecular weight excluding hydrogens is 624 g/mol. The zero-order chi connectivity index (χ0) is 35.1. The number of amides is 2. The number of fused-ring (bicyclic) bond motifs is 3. The monoisotopic (exact) mass is 676 g/mol. The van der Waals surface area contributed by atoms with Crippen molar-refractivity contribution in [2.24, 2.45) is 5.92 Å². The molecule has 0 aliphatic carbocycles. The van der Waals surface area contributed by atoms with Gasteiger partial charge in [-0.25, -0.2) is 14.6 Å². The van der Waals surface area contributed by atoms with Gasteiger partial charge in [0.1, 0.15) is 23.7 Å². The van der Waals surface area contributed by atoms with Gasteiger partial charge >= 0.3 is 18.0 Å². The SMILES string of the molecule is CCCCCCCC(=O)OCCCCC(O)C(O)C1OC(=O)/C=C\C=C\c2nc(oc2C)CC(C)CCC2OC2C1OC(=O)NC(C)=O. The topological polar surface area (TPSA) is 187 Å². The maximum Gasteiger partial charge on any atom is 0.414 e. The second-order valence-corrected chi connectivity index (χ2v) is 12.7. The van der Waals surface area contributed by atoms with Gasteiger partial charge in [-0.2, -0.15) is 0 Å². The molecule has 2 amide bonds. The second-order valence-electron chi connectivity index (χ2n) is 12.7. The van der Waals surface area contributed by atoms with Crippen LogP contribution in [0.1, 0.15) is 109 Å². The van der Waals surface area contributed by atoms with Crippen molar-refractivity contribution in [3.8, 4) is 0 Å². The number of hydrogen-bond donors (Lipinski definition) is 3. The van der Waals surface area contributed by atoms with Crippen molar-refractivity contribution in [1.82, 2.24) is 10.3 Å². The summed E-state index contributed by atoms with van der Waals surface area (Å²) >= 11 is 0. The molecule has 1 aromatic rings. The highest BCUT2D eigenvalue weighted by molar-refractivity contribution is 5.90. The summed E-state index contributed by atoms with van der Waals surface area (Å²) in [6.45, 7) is 7.31. The number of rotatable bonds is 14. The average Bonchev–Trinajstić information content (AvgIpc) is 3.72. The number of nitrogens with zero attached hydrogens (tertiary/aromatic N) is 1. The van der Waals surface area contributed by atoms with Gasteiger partial charge in [0.15, 0.2) is 18.1 Å². The highest BCUT2D eigenvalue weighted by Gasteiger charge is 2.53. The van der Waals surface area contributed by atoms with Gasteiger partial charge in [-0.3, -0.25) is 14.9 Å². The van der Waals surface area contributed by atoms with Crippen LogP contribution >= 0.6 is 0 Å². The Morgan fingerprint density at radius 2 is 1.81 bits per heavy atom. The summed E-state index contributed by atoms with van der Waals surface area (Å²) in [6, 6.07) is 0. The van der Waals surface area contributed by atoms with Gasteiger partial charge in [-0.05, 0) is 57.4 Å². The Bertz CT molecular complexity index is 1260. The minimum atomic E-state index is -1.68. The lowest BCUT2D eigenvalue weighted by atomic mass is 9.94. The maximum atomic E-state index is 13.0. The number of nitrogens with one attached hydrogen (secondary N) is 1. The van der Waals surface area contributed by atoms with Gasteiger partial charge < -0.3 is 33.6 Å². The van der Waals surface area contributed by atoms with E-state index in [9.17, 15) is 29.4 Å². The number of ether oxygens (including phenoxy) is 4. The number of oxazole rings is 1. The lowest BCUT2D eigenvalue weighted by Gasteiger charge is -2.31. The lowest BCUT2D eigenvalue weighted by molar-refractivity contribution is -0.169. The fraction of sp³-hybridized carbons (Fsp3) is 0.686. The van der Waals surface area contributed by atoms with Crippen molar-refractivity contribution < 1.29 is 52.8 Å². The van der Waals surface area contributed by atoms with E-state index < -0.39 is 54.6 Å². The summed E-state index contributed by atoms with van der Waals surface area (Å²) in [5, 5.41) is 24.3. The van der Waals surface area contributed by atoms with Gasteiger partial charge in [-0.1, -0.05) is 51.7 Å². The first-order valence-corrected chi connectivity index (χ1v) is 17.2. The molecule has 2 aliphatic heterocycles. The van der Waals surface area contributed by atoms with E-state index in [2.05, 4.69) is 18.8 Å². The quantitative estimate of drug-likeness (QED) is 0.107. The minimum Gasteiger partial charge on any atom is -0.466 e. The van der Waals surface area contributed by atoms with Gasteiger partial charge in [0.2, 0.25) is 5.91 Å². The van der Waals surface area contributed by atoms with Crippen LogP contribution in [0.4, 0.5) is 4.79 Å². The highest BCUT2D eigenvalue weighted by Crippen LogP contribution is 2.36. The number of carbonyl (C=O) groups excluding carboxylic acids is 4. The Morgan fingerprint density at radius 1 is 1.06 bits per heavy atom. The molecular formula is C35H52N2O11. The molecule has 0 saturated carbocycles. The number of alkyl carbamates (subject to hydrolysis) is 1. The molecule has 1 saturated heterocycles. The first-order chi connectivity index (χ1) is 23.0. The number of aromatic nitrogens is 1. The number of hydrogen-bond acceptors (Lipinski definition) is 12. The van der Waals surface area contributed by atoms with Gasteiger partial charge in [0.05, 0.1) is 18.8 Å². The zero-order valence-corrected chi connectivity index (χ0v) is 28.6. The summed E-state index contributed by atoms with van der Waals surface area (Å²) in [6.07, 6.45) is 5.91. The number of esters is 2. The molecule has 3 heterocycles. The van der Waals surface area contributed by atoms with E-state index in [1.807, 2.05) is 12.2 Å². The average molecular weight is 677 g/mol. The summed E-state index contributed by atoms with van der Waals surface area (Å²) in [4.78, 5) is 53.6. The Labute approximate surface area is 282 Å². The third-order valence-corrected chi connectivity index (χ3v) is 8.36. The zero-order valence-electron chi connectivity index (χ0n) is 28.6. The maximum absolute atomic E-state index is 13.0. The normalized spacial score (nSPS) is 25.4. The van der Waals surface area contributed by atoms with Crippen LogP contribution in [0.3, 0.4) is 0 Å². The van der Waals surface area contributed by atoms with E-state index in [1.165, 1.54) is 6.08 Å². The lowest BCUT2D eigenvalue weighted by Crippen LogP contribution is -2.52. The van der Waals surface area contributed by atoms with Crippen LogP contribution in [-0.2, 0) is 39.8 Å². The van der Waals surface area contributed by atoms with Gasteiger partial charge in [-0.15, -0.1) is 0 Å². The summed E-state index contributed by atoms with van der Waals surface area (Å²) in [5.41, 5.74) is 0.628. The third kappa shape index (κ3) is 13.5. The molecule has 268 valence electrons. The van der Waals surface area contributed by atoms with E-state index in [-0.39, 0.29) is 24.9 Å². The number of cyclic esters (lactones) is 1. The molecule has 13 heteroatoms. The summed E-state index contributed by atoms with van der Waals surface area (Å²) < 4.78 is 28.1. The fourth-order valence-electron chi connectivity index (χ4n) is 5.61. The van der Waals surface area contributed by atoms with Crippen molar-refractivity contribution in [3.05, 3.63) is 35.6 Å². The molecule has 7 atom stereocenters. The number of imide groups is 1. The molecule has 13 nitrogen and oxygen atoms in total. The van der Waals surface area contributed by atoms with Crippen molar-refractivity contribution in [2.75, 3.05) is 6.61 Å². The predicted molar refractivity (Wildman–Crippen MR) is 174 cm³/mol. The number of allylic oxidation sites excluding steroid dienone is 2. The van der Waals surface area contributed by atoms with Crippen molar-refractivity contribution in [1.29, 1.82) is 0 Å². The molecule has 1 fully saturated rings.